The molecule has 0 bridgehead atoms. The van der Waals surface area contributed by atoms with Crippen molar-refractivity contribution in [2.45, 2.75) is 39.8 Å². The van der Waals surface area contributed by atoms with Crippen LogP contribution in [-0.2, 0) is 4.79 Å². The van der Waals surface area contributed by atoms with Crippen molar-refractivity contribution in [3.63, 3.8) is 0 Å². The zero-order valence-corrected chi connectivity index (χ0v) is 17.8. The van der Waals surface area contributed by atoms with Crippen molar-refractivity contribution in [1.82, 2.24) is 4.90 Å². The van der Waals surface area contributed by atoms with E-state index in [0.717, 1.165) is 0 Å². The second-order valence-electron chi connectivity index (χ2n) is 7.19. The van der Waals surface area contributed by atoms with Gasteiger partial charge in [-0.1, -0.05) is 25.1 Å². The number of ether oxygens (including phenoxy) is 4. The number of fused-ring (bicyclic) bond motifs is 1. The summed E-state index contributed by atoms with van der Waals surface area (Å²) in [6.45, 7) is 8.14. The van der Waals surface area contributed by atoms with E-state index >= 15 is 0 Å². The van der Waals surface area contributed by atoms with Gasteiger partial charge < -0.3 is 18.9 Å². The van der Waals surface area contributed by atoms with Crippen LogP contribution in [0.5, 0.6) is 23.0 Å². The van der Waals surface area contributed by atoms with E-state index in [4.69, 9.17) is 18.9 Å². The van der Waals surface area contributed by atoms with E-state index in [1.54, 1.807) is 48.2 Å². The highest BCUT2D eigenvalue weighted by Gasteiger charge is 2.39. The lowest BCUT2D eigenvalue weighted by Crippen LogP contribution is -2.55. The zero-order chi connectivity index (χ0) is 21.7. The first-order valence-electron chi connectivity index (χ1n) is 10.1. The number of rotatable bonds is 8. The number of nitrogens with zero attached hydrogens (tertiary/aromatic N) is 1. The van der Waals surface area contributed by atoms with Crippen LogP contribution >= 0.6 is 0 Å². The van der Waals surface area contributed by atoms with Gasteiger partial charge in [-0.15, -0.1) is 0 Å². The Morgan fingerprint density at radius 3 is 2.43 bits per heavy atom. The van der Waals surface area contributed by atoms with Crippen LogP contribution in [0.15, 0.2) is 42.5 Å². The molecule has 0 N–H and O–H groups in total. The first-order chi connectivity index (χ1) is 14.4. The van der Waals surface area contributed by atoms with Crippen LogP contribution in [-0.4, -0.2) is 42.3 Å². The van der Waals surface area contributed by atoms with Crippen molar-refractivity contribution in [2.24, 2.45) is 0 Å². The number of esters is 1. The molecule has 0 aliphatic carbocycles. The lowest BCUT2D eigenvalue weighted by Gasteiger charge is -2.42. The first-order valence-corrected chi connectivity index (χ1v) is 10.1. The molecule has 2 aromatic carbocycles. The van der Waals surface area contributed by atoms with Gasteiger partial charge >= 0.3 is 5.97 Å². The van der Waals surface area contributed by atoms with Crippen LogP contribution in [0.3, 0.4) is 0 Å². The van der Waals surface area contributed by atoms with Crippen molar-refractivity contribution in [3.05, 3.63) is 48.0 Å². The summed E-state index contributed by atoms with van der Waals surface area (Å²) in [6, 6.07) is 12.4. The molecule has 1 amide bonds. The van der Waals surface area contributed by atoms with Crippen molar-refractivity contribution in [3.8, 4) is 23.0 Å². The maximum Gasteiger partial charge on any atom is 0.311 e. The Kier molecular flexibility index (Phi) is 6.50. The molecule has 0 radical (unpaired) electrons. The second-order valence-corrected chi connectivity index (χ2v) is 7.19. The maximum atomic E-state index is 13.0. The third kappa shape index (κ3) is 4.50. The Morgan fingerprint density at radius 2 is 1.73 bits per heavy atom. The van der Waals surface area contributed by atoms with Gasteiger partial charge in [-0.05, 0) is 45.0 Å². The van der Waals surface area contributed by atoms with Gasteiger partial charge in [-0.25, -0.2) is 0 Å². The van der Waals surface area contributed by atoms with E-state index in [-0.39, 0.29) is 30.7 Å². The lowest BCUT2D eigenvalue weighted by atomic mass is 10.1. The van der Waals surface area contributed by atoms with E-state index in [9.17, 15) is 9.59 Å². The molecule has 2 aromatic rings. The number of benzene rings is 2. The molecule has 0 unspecified atom stereocenters. The number of hydrogen-bond acceptors (Lipinski definition) is 6. The molecule has 0 fully saturated rings. The third-order valence-corrected chi connectivity index (χ3v) is 4.69. The number of carbonyl (C=O) groups is 2. The average molecular weight is 413 g/mol. The molecule has 0 aromatic heterocycles. The molecule has 7 heteroatoms. The molecule has 1 aliphatic rings. The number of hydrogen-bond donors (Lipinski definition) is 0. The van der Waals surface area contributed by atoms with Crippen LogP contribution in [0, 0.1) is 0 Å². The Balaban J connectivity index is 1.75. The molecule has 160 valence electrons. The van der Waals surface area contributed by atoms with Crippen LogP contribution in [0.25, 0.3) is 0 Å². The number of para-hydroxylation sites is 2. The smallest absolute Gasteiger partial charge is 0.311 e. The van der Waals surface area contributed by atoms with Crippen molar-refractivity contribution in [2.75, 3.05) is 19.8 Å². The molecular weight excluding hydrogens is 386 g/mol. The minimum Gasteiger partial charge on any atom is -0.490 e. The molecule has 7 nitrogen and oxygen atoms in total. The summed E-state index contributed by atoms with van der Waals surface area (Å²) in [5.41, 5.74) is -0.299. The van der Waals surface area contributed by atoms with Gasteiger partial charge in [0, 0.05) is 6.42 Å². The highest BCUT2D eigenvalue weighted by molar-refractivity contribution is 5.98. The summed E-state index contributed by atoms with van der Waals surface area (Å²) in [6.07, 6.45) is 0.229. The van der Waals surface area contributed by atoms with Crippen molar-refractivity contribution in [1.29, 1.82) is 0 Å². The molecular formula is C23H27NO6. The van der Waals surface area contributed by atoms with Gasteiger partial charge in [0.2, 0.25) is 5.75 Å². The lowest BCUT2D eigenvalue weighted by molar-refractivity contribution is -0.134. The molecule has 0 atom stereocenters. The minimum absolute atomic E-state index is 0.119. The average Bonchev–Trinajstić information content (AvgIpc) is 2.72. The first kappa shape index (κ1) is 21.5. The zero-order valence-electron chi connectivity index (χ0n) is 17.8. The van der Waals surface area contributed by atoms with Gasteiger partial charge in [0.15, 0.2) is 17.2 Å². The van der Waals surface area contributed by atoms with E-state index in [1.165, 1.54) is 0 Å². The minimum atomic E-state index is -0.820. The molecule has 3 rings (SSSR count). The quantitative estimate of drug-likeness (QED) is 0.480. The third-order valence-electron chi connectivity index (χ3n) is 4.69. The molecule has 0 spiro atoms. The van der Waals surface area contributed by atoms with Crippen molar-refractivity contribution >= 4 is 11.9 Å². The maximum absolute atomic E-state index is 13.0. The van der Waals surface area contributed by atoms with Gasteiger partial charge in [-0.2, -0.15) is 0 Å². The molecule has 30 heavy (non-hydrogen) atoms. The largest absolute Gasteiger partial charge is 0.490 e. The highest BCUT2D eigenvalue weighted by Crippen LogP contribution is 2.38. The van der Waals surface area contributed by atoms with Gasteiger partial charge in [0.05, 0.1) is 18.7 Å². The van der Waals surface area contributed by atoms with Gasteiger partial charge in [0.25, 0.3) is 5.91 Å². The SMILES string of the molecule is CCOc1cccc(OCCN2C(=O)c3ccccc3OC2(C)C)c1OC(=O)CC. The predicted molar refractivity (Wildman–Crippen MR) is 111 cm³/mol. The van der Waals surface area contributed by atoms with Crippen LogP contribution < -0.4 is 18.9 Å². The Labute approximate surface area is 176 Å². The fraction of sp³-hybridized carbons (Fsp3) is 0.391. The molecule has 0 saturated heterocycles. The normalized spacial score (nSPS) is 14.5. The second kappa shape index (κ2) is 9.07. The van der Waals surface area contributed by atoms with E-state index in [1.807, 2.05) is 26.8 Å². The van der Waals surface area contributed by atoms with Crippen LogP contribution in [0.2, 0.25) is 0 Å². The molecule has 1 heterocycles. The van der Waals surface area contributed by atoms with E-state index in [2.05, 4.69) is 0 Å². The molecule has 0 saturated carbocycles. The Bertz CT molecular complexity index is 924. The summed E-state index contributed by atoms with van der Waals surface area (Å²) >= 11 is 0. The summed E-state index contributed by atoms with van der Waals surface area (Å²) in [5, 5.41) is 0. The number of carbonyl (C=O) groups excluding carboxylic acids is 2. The summed E-state index contributed by atoms with van der Waals surface area (Å²) < 4.78 is 22.9. The van der Waals surface area contributed by atoms with Gasteiger partial charge in [0.1, 0.15) is 12.4 Å². The monoisotopic (exact) mass is 413 g/mol. The Hall–Kier alpha value is -3.22. The fourth-order valence-corrected chi connectivity index (χ4v) is 3.23. The van der Waals surface area contributed by atoms with Crippen LogP contribution in [0.1, 0.15) is 44.5 Å². The van der Waals surface area contributed by atoms with Gasteiger partial charge in [-0.3, -0.25) is 14.5 Å². The highest BCUT2D eigenvalue weighted by atomic mass is 16.6. The summed E-state index contributed by atoms with van der Waals surface area (Å²) in [7, 11) is 0. The Morgan fingerprint density at radius 1 is 1.03 bits per heavy atom. The summed E-state index contributed by atoms with van der Waals surface area (Å²) in [5.74, 6) is 1.13. The van der Waals surface area contributed by atoms with Crippen molar-refractivity contribution < 1.29 is 28.5 Å². The predicted octanol–water partition coefficient (Wildman–Crippen LogP) is 4.05. The number of amides is 1. The fourth-order valence-electron chi connectivity index (χ4n) is 3.23. The molecule has 1 aliphatic heterocycles. The van der Waals surface area contributed by atoms with E-state index < -0.39 is 5.72 Å². The summed E-state index contributed by atoms with van der Waals surface area (Å²) in [4.78, 5) is 26.4. The standard InChI is InChI=1S/C23H27NO6/c1-5-20(25)29-21-18(27-6-2)12-9-13-19(21)28-15-14-24-22(26)16-10-7-8-11-17(16)30-23(24,3)4/h7-13H,5-6,14-15H2,1-4H3. The topological polar surface area (TPSA) is 74.3 Å². The van der Waals surface area contributed by atoms with Crippen LogP contribution in [0.4, 0.5) is 0 Å². The van der Waals surface area contributed by atoms with E-state index in [0.29, 0.717) is 36.0 Å².